The summed E-state index contributed by atoms with van der Waals surface area (Å²) in [7, 11) is 1.29. The van der Waals surface area contributed by atoms with E-state index in [1.165, 1.54) is 7.11 Å². The zero-order valence-electron chi connectivity index (χ0n) is 10.7. The van der Waals surface area contributed by atoms with Crippen molar-refractivity contribution < 1.29 is 19.4 Å². The molecule has 0 saturated heterocycles. The fraction of sp³-hybridized carbons (Fsp3) is 0.308. The van der Waals surface area contributed by atoms with Crippen LogP contribution in [0.3, 0.4) is 0 Å². The molecule has 0 spiro atoms. The number of fused-ring (bicyclic) bond motifs is 1. The second kappa shape index (κ2) is 5.09. The van der Waals surface area contributed by atoms with Crippen LogP contribution < -0.4 is 0 Å². The first-order valence-electron chi connectivity index (χ1n) is 5.80. The number of nitrogens with zero attached hydrogens (tertiary/aromatic N) is 2. The number of hydrogen-bond donors (Lipinski definition) is 1. The van der Waals surface area contributed by atoms with Crippen molar-refractivity contribution in [1.82, 2.24) is 9.38 Å². The Kier molecular flexibility index (Phi) is 3.50. The van der Waals surface area contributed by atoms with Crippen LogP contribution in [0.15, 0.2) is 18.3 Å². The lowest BCUT2D eigenvalue weighted by atomic mass is 10.2. The molecule has 0 atom stereocenters. The van der Waals surface area contributed by atoms with Crippen LogP contribution in [0.1, 0.15) is 28.3 Å². The van der Waals surface area contributed by atoms with Gasteiger partial charge in [-0.25, -0.2) is 9.78 Å². The highest BCUT2D eigenvalue weighted by Gasteiger charge is 2.18. The number of esters is 1. The number of carbonyl (C=O) groups is 2. The van der Waals surface area contributed by atoms with Crippen molar-refractivity contribution >= 4 is 17.5 Å². The number of rotatable bonds is 4. The van der Waals surface area contributed by atoms with Gasteiger partial charge < -0.3 is 14.2 Å². The summed E-state index contributed by atoms with van der Waals surface area (Å²) in [5.74, 6) is -0.883. The van der Waals surface area contributed by atoms with Crippen LogP contribution in [0.25, 0.3) is 5.52 Å². The van der Waals surface area contributed by atoms with Gasteiger partial charge in [0.1, 0.15) is 5.82 Å². The van der Waals surface area contributed by atoms with Crippen molar-refractivity contribution in [2.45, 2.75) is 19.8 Å². The van der Waals surface area contributed by atoms with Crippen molar-refractivity contribution in [2.75, 3.05) is 7.11 Å². The Balaban J connectivity index is 2.53. The van der Waals surface area contributed by atoms with E-state index in [9.17, 15) is 9.59 Å². The maximum atomic E-state index is 11.7. The molecule has 2 aromatic rings. The predicted octanol–water partition coefficient (Wildman–Crippen LogP) is 1.45. The topological polar surface area (TPSA) is 80.9 Å². The van der Waals surface area contributed by atoms with Crippen molar-refractivity contribution in [3.63, 3.8) is 0 Å². The first-order chi connectivity index (χ1) is 9.02. The quantitative estimate of drug-likeness (QED) is 0.843. The number of carboxylic acids is 1. The normalized spacial score (nSPS) is 10.6. The molecule has 0 aliphatic carbocycles. The molecule has 0 bridgehead atoms. The molecular formula is C13H14N2O4. The molecule has 0 fully saturated rings. The number of carboxylic acid groups (broad SMARTS) is 1. The minimum Gasteiger partial charge on any atom is -0.481 e. The number of aryl methyl sites for hydroxylation is 2. The van der Waals surface area contributed by atoms with Crippen LogP contribution >= 0.6 is 0 Å². The van der Waals surface area contributed by atoms with E-state index in [1.807, 2.05) is 19.1 Å². The highest BCUT2D eigenvalue weighted by atomic mass is 16.5. The molecule has 2 rings (SSSR count). The molecule has 0 aliphatic rings. The van der Waals surface area contributed by atoms with Crippen LogP contribution in [0.5, 0.6) is 0 Å². The molecule has 0 saturated carbocycles. The molecule has 2 heterocycles. The minimum absolute atomic E-state index is 0.0341. The zero-order chi connectivity index (χ0) is 14.0. The van der Waals surface area contributed by atoms with Crippen LogP contribution in [0, 0.1) is 6.92 Å². The molecule has 2 aromatic heterocycles. The first-order valence-corrected chi connectivity index (χ1v) is 5.80. The largest absolute Gasteiger partial charge is 0.481 e. The third-order valence-electron chi connectivity index (χ3n) is 2.81. The maximum Gasteiger partial charge on any atom is 0.358 e. The SMILES string of the molecule is COC(=O)c1nc(CCC(=O)O)n2ccc(C)cc12. The summed E-state index contributed by atoms with van der Waals surface area (Å²) in [5, 5.41) is 8.72. The van der Waals surface area contributed by atoms with Gasteiger partial charge in [0.2, 0.25) is 0 Å². The minimum atomic E-state index is -0.900. The van der Waals surface area contributed by atoms with Gasteiger partial charge in [0, 0.05) is 12.6 Å². The standard InChI is InChI=1S/C13H14N2O4/c1-8-5-6-15-9(7-8)12(13(18)19-2)14-10(15)3-4-11(16)17/h5-7H,3-4H2,1-2H3,(H,16,17). The Hall–Kier alpha value is -2.37. The Bertz CT molecular complexity index is 645. The van der Waals surface area contributed by atoms with E-state index in [2.05, 4.69) is 4.98 Å². The Morgan fingerprint density at radius 3 is 2.84 bits per heavy atom. The summed E-state index contributed by atoms with van der Waals surface area (Å²) in [6, 6.07) is 3.70. The van der Waals surface area contributed by atoms with E-state index in [-0.39, 0.29) is 18.5 Å². The van der Waals surface area contributed by atoms with Gasteiger partial charge >= 0.3 is 11.9 Å². The number of aromatic nitrogens is 2. The van der Waals surface area contributed by atoms with Crippen molar-refractivity contribution in [2.24, 2.45) is 0 Å². The van der Waals surface area contributed by atoms with E-state index in [0.717, 1.165) is 5.56 Å². The molecule has 6 nitrogen and oxygen atoms in total. The van der Waals surface area contributed by atoms with Crippen LogP contribution in [-0.4, -0.2) is 33.5 Å². The summed E-state index contributed by atoms with van der Waals surface area (Å²) in [4.78, 5) is 26.5. The number of ether oxygens (including phenoxy) is 1. The summed E-state index contributed by atoms with van der Waals surface area (Å²) < 4.78 is 6.42. The van der Waals surface area contributed by atoms with Gasteiger partial charge in [-0.05, 0) is 24.6 Å². The predicted molar refractivity (Wildman–Crippen MR) is 67.2 cm³/mol. The van der Waals surface area contributed by atoms with Gasteiger partial charge in [-0.2, -0.15) is 0 Å². The van der Waals surface area contributed by atoms with E-state index >= 15 is 0 Å². The fourth-order valence-electron chi connectivity index (χ4n) is 1.90. The number of pyridine rings is 1. The average molecular weight is 262 g/mol. The summed E-state index contributed by atoms with van der Waals surface area (Å²) in [5.41, 5.74) is 1.83. The highest BCUT2D eigenvalue weighted by Crippen LogP contribution is 2.17. The first kappa shape index (κ1) is 13.1. The molecule has 6 heteroatoms. The molecule has 100 valence electrons. The highest BCUT2D eigenvalue weighted by molar-refractivity contribution is 5.95. The molecule has 0 aliphatic heterocycles. The Labute approximate surface area is 109 Å². The second-order valence-electron chi connectivity index (χ2n) is 4.22. The average Bonchev–Trinajstić information content (AvgIpc) is 2.73. The Morgan fingerprint density at radius 2 is 2.21 bits per heavy atom. The summed E-state index contributed by atoms with van der Waals surface area (Å²) in [6.07, 6.45) is 2.01. The summed E-state index contributed by atoms with van der Waals surface area (Å²) >= 11 is 0. The number of carbonyl (C=O) groups excluding carboxylic acids is 1. The van der Waals surface area contributed by atoms with Crippen LogP contribution in [0.4, 0.5) is 0 Å². The van der Waals surface area contributed by atoms with Gasteiger partial charge in [0.15, 0.2) is 5.69 Å². The van der Waals surface area contributed by atoms with Crippen molar-refractivity contribution in [1.29, 1.82) is 0 Å². The van der Waals surface area contributed by atoms with Crippen LogP contribution in [-0.2, 0) is 16.0 Å². The van der Waals surface area contributed by atoms with Crippen molar-refractivity contribution in [3.8, 4) is 0 Å². The molecule has 0 amide bonds. The van der Waals surface area contributed by atoms with Gasteiger partial charge in [-0.3, -0.25) is 4.79 Å². The van der Waals surface area contributed by atoms with Gasteiger partial charge in [-0.15, -0.1) is 0 Å². The molecule has 1 N–H and O–H groups in total. The van der Waals surface area contributed by atoms with Gasteiger partial charge in [0.05, 0.1) is 19.0 Å². The number of hydrogen-bond acceptors (Lipinski definition) is 4. The summed E-state index contributed by atoms with van der Waals surface area (Å²) in [6.45, 7) is 1.91. The molecule has 19 heavy (non-hydrogen) atoms. The Morgan fingerprint density at radius 1 is 1.47 bits per heavy atom. The fourth-order valence-corrected chi connectivity index (χ4v) is 1.90. The third kappa shape index (κ3) is 2.57. The van der Waals surface area contributed by atoms with E-state index in [1.54, 1.807) is 10.6 Å². The molecule has 0 unspecified atom stereocenters. The monoisotopic (exact) mass is 262 g/mol. The maximum absolute atomic E-state index is 11.7. The number of imidazole rings is 1. The van der Waals surface area contributed by atoms with E-state index in [4.69, 9.17) is 9.84 Å². The zero-order valence-corrected chi connectivity index (χ0v) is 10.7. The number of methoxy groups -OCH3 is 1. The molecule has 0 aromatic carbocycles. The van der Waals surface area contributed by atoms with E-state index in [0.29, 0.717) is 11.3 Å². The second-order valence-corrected chi connectivity index (χ2v) is 4.22. The lowest BCUT2D eigenvalue weighted by Crippen LogP contribution is -2.03. The lowest BCUT2D eigenvalue weighted by Gasteiger charge is -2.00. The number of aliphatic carboxylic acids is 1. The molecule has 0 radical (unpaired) electrons. The van der Waals surface area contributed by atoms with Gasteiger partial charge in [0.25, 0.3) is 0 Å². The van der Waals surface area contributed by atoms with Crippen LogP contribution in [0.2, 0.25) is 0 Å². The molecular weight excluding hydrogens is 248 g/mol. The van der Waals surface area contributed by atoms with Crippen molar-refractivity contribution in [3.05, 3.63) is 35.4 Å². The van der Waals surface area contributed by atoms with Gasteiger partial charge in [-0.1, -0.05) is 0 Å². The smallest absolute Gasteiger partial charge is 0.358 e. The van der Waals surface area contributed by atoms with E-state index < -0.39 is 11.9 Å². The third-order valence-corrected chi connectivity index (χ3v) is 2.81. The lowest BCUT2D eigenvalue weighted by molar-refractivity contribution is -0.137.